The fourth-order valence-electron chi connectivity index (χ4n) is 3.68. The van der Waals surface area contributed by atoms with E-state index in [0.29, 0.717) is 57.9 Å². The Morgan fingerprint density at radius 3 is 2.38 bits per heavy atom. The van der Waals surface area contributed by atoms with Crippen molar-refractivity contribution in [3.8, 4) is 0 Å². The number of likely N-dealkylation sites (tertiary alicyclic amines) is 1. The predicted molar refractivity (Wildman–Crippen MR) is 119 cm³/mol. The molecule has 176 valence electrons. The maximum Gasteiger partial charge on any atom is 0.410 e. The molecule has 0 radical (unpaired) electrons. The molecule has 2 saturated heterocycles. The molecule has 0 spiro atoms. The number of nitrogens with zero attached hydrogens (tertiary/aromatic N) is 4. The van der Waals surface area contributed by atoms with E-state index < -0.39 is 5.60 Å². The van der Waals surface area contributed by atoms with Gasteiger partial charge in [-0.3, -0.25) is 4.79 Å². The molecule has 3 amide bonds. The standard InChI is InChI=1S/C22H33N5O5/c1-5-31-20(29)26-12-10-25(11-13-26)18-7-6-16(14-23-18)19(28)24-17-8-9-27(15-17)21(30)32-22(2,3)4/h6-7,14,17H,5,8-13,15H2,1-4H3,(H,24,28). The van der Waals surface area contributed by atoms with Crippen LogP contribution in [-0.2, 0) is 9.47 Å². The highest BCUT2D eigenvalue weighted by Crippen LogP contribution is 2.17. The van der Waals surface area contributed by atoms with Crippen LogP contribution in [0.3, 0.4) is 0 Å². The maximum absolute atomic E-state index is 12.6. The highest BCUT2D eigenvalue weighted by atomic mass is 16.6. The van der Waals surface area contributed by atoms with Gasteiger partial charge in [0.15, 0.2) is 0 Å². The third-order valence-corrected chi connectivity index (χ3v) is 5.31. The summed E-state index contributed by atoms with van der Waals surface area (Å²) in [5.74, 6) is 0.550. The highest BCUT2D eigenvalue weighted by molar-refractivity contribution is 5.94. The minimum atomic E-state index is -0.544. The van der Waals surface area contributed by atoms with Gasteiger partial charge in [0.1, 0.15) is 11.4 Å². The molecule has 3 heterocycles. The van der Waals surface area contributed by atoms with Gasteiger partial charge in [0, 0.05) is 51.5 Å². The van der Waals surface area contributed by atoms with Gasteiger partial charge in [0.05, 0.1) is 12.2 Å². The summed E-state index contributed by atoms with van der Waals surface area (Å²) in [6.07, 6.45) is 1.59. The van der Waals surface area contributed by atoms with E-state index in [-0.39, 0.29) is 24.1 Å². The van der Waals surface area contributed by atoms with Crippen molar-refractivity contribution in [3.63, 3.8) is 0 Å². The molecule has 1 atom stereocenters. The van der Waals surface area contributed by atoms with Crippen LogP contribution in [-0.4, -0.2) is 90.4 Å². The molecule has 1 aromatic rings. The van der Waals surface area contributed by atoms with Crippen LogP contribution in [0.2, 0.25) is 0 Å². The van der Waals surface area contributed by atoms with Crippen LogP contribution in [0.1, 0.15) is 44.5 Å². The first kappa shape index (κ1) is 23.6. The smallest absolute Gasteiger partial charge is 0.410 e. The summed E-state index contributed by atoms with van der Waals surface area (Å²) >= 11 is 0. The summed E-state index contributed by atoms with van der Waals surface area (Å²) in [5, 5.41) is 2.97. The number of rotatable bonds is 4. The monoisotopic (exact) mass is 447 g/mol. The third kappa shape index (κ3) is 6.24. The molecule has 10 nitrogen and oxygen atoms in total. The molecule has 2 aliphatic rings. The number of pyridine rings is 1. The Morgan fingerprint density at radius 1 is 1.06 bits per heavy atom. The van der Waals surface area contributed by atoms with Crippen molar-refractivity contribution in [2.75, 3.05) is 50.8 Å². The summed E-state index contributed by atoms with van der Waals surface area (Å²) in [7, 11) is 0. The van der Waals surface area contributed by atoms with Gasteiger partial charge in [-0.2, -0.15) is 0 Å². The van der Waals surface area contributed by atoms with Gasteiger partial charge in [0.2, 0.25) is 0 Å². The number of amides is 3. The van der Waals surface area contributed by atoms with E-state index in [2.05, 4.69) is 15.2 Å². The van der Waals surface area contributed by atoms with Crippen molar-refractivity contribution < 1.29 is 23.9 Å². The summed E-state index contributed by atoms with van der Waals surface area (Å²) < 4.78 is 10.4. The number of ether oxygens (including phenoxy) is 2. The minimum absolute atomic E-state index is 0.120. The van der Waals surface area contributed by atoms with Crippen molar-refractivity contribution in [1.82, 2.24) is 20.1 Å². The van der Waals surface area contributed by atoms with Gasteiger partial charge in [0.25, 0.3) is 5.91 Å². The SMILES string of the molecule is CCOC(=O)N1CCN(c2ccc(C(=O)NC3CCN(C(=O)OC(C)(C)C)C3)cn2)CC1. The summed E-state index contributed by atoms with van der Waals surface area (Å²) in [6, 6.07) is 3.44. The normalized spacial score (nSPS) is 19.0. The van der Waals surface area contributed by atoms with Gasteiger partial charge in [-0.1, -0.05) is 0 Å². The van der Waals surface area contributed by atoms with Crippen LogP contribution >= 0.6 is 0 Å². The quantitative estimate of drug-likeness (QED) is 0.754. The Bertz CT molecular complexity index is 815. The van der Waals surface area contributed by atoms with Gasteiger partial charge < -0.3 is 29.5 Å². The zero-order valence-corrected chi connectivity index (χ0v) is 19.3. The average Bonchev–Trinajstić information content (AvgIpc) is 3.22. The second-order valence-corrected chi connectivity index (χ2v) is 8.96. The van der Waals surface area contributed by atoms with Crippen LogP contribution in [0.4, 0.5) is 15.4 Å². The Labute approximate surface area is 188 Å². The van der Waals surface area contributed by atoms with E-state index in [1.54, 1.807) is 29.0 Å². The predicted octanol–water partition coefficient (Wildman–Crippen LogP) is 2.10. The van der Waals surface area contributed by atoms with Crippen molar-refractivity contribution >= 4 is 23.9 Å². The number of aromatic nitrogens is 1. The lowest BCUT2D eigenvalue weighted by molar-refractivity contribution is 0.0290. The zero-order chi connectivity index (χ0) is 23.3. The summed E-state index contributed by atoms with van der Waals surface area (Å²) in [6.45, 7) is 11.1. The third-order valence-electron chi connectivity index (χ3n) is 5.31. The number of carbonyl (C=O) groups excluding carboxylic acids is 3. The van der Waals surface area contributed by atoms with Crippen LogP contribution in [0, 0.1) is 0 Å². The Morgan fingerprint density at radius 2 is 1.78 bits per heavy atom. The first-order chi connectivity index (χ1) is 15.2. The summed E-state index contributed by atoms with van der Waals surface area (Å²) in [5.41, 5.74) is -0.0771. The Kier molecular flexibility index (Phi) is 7.42. The number of hydrogen-bond acceptors (Lipinski definition) is 7. The van der Waals surface area contributed by atoms with E-state index in [9.17, 15) is 14.4 Å². The van der Waals surface area contributed by atoms with Crippen LogP contribution < -0.4 is 10.2 Å². The van der Waals surface area contributed by atoms with E-state index in [1.807, 2.05) is 26.8 Å². The van der Waals surface area contributed by atoms with Crippen LogP contribution in [0.5, 0.6) is 0 Å². The van der Waals surface area contributed by atoms with Crippen LogP contribution in [0.15, 0.2) is 18.3 Å². The number of piperazine rings is 1. The number of hydrogen-bond donors (Lipinski definition) is 1. The largest absolute Gasteiger partial charge is 0.450 e. The van der Waals surface area contributed by atoms with Gasteiger partial charge in [-0.15, -0.1) is 0 Å². The van der Waals surface area contributed by atoms with E-state index >= 15 is 0 Å². The first-order valence-corrected chi connectivity index (χ1v) is 11.1. The fraction of sp³-hybridized carbons (Fsp3) is 0.636. The van der Waals surface area contributed by atoms with Gasteiger partial charge >= 0.3 is 12.2 Å². The lowest BCUT2D eigenvalue weighted by atomic mass is 10.2. The van der Waals surface area contributed by atoms with Gasteiger partial charge in [-0.05, 0) is 46.2 Å². The van der Waals surface area contributed by atoms with Crippen molar-refractivity contribution in [3.05, 3.63) is 23.9 Å². The molecule has 1 unspecified atom stereocenters. The first-order valence-electron chi connectivity index (χ1n) is 11.1. The van der Waals surface area contributed by atoms with E-state index in [0.717, 1.165) is 5.82 Å². The van der Waals surface area contributed by atoms with E-state index in [1.165, 1.54) is 0 Å². The minimum Gasteiger partial charge on any atom is -0.450 e. The number of nitrogens with one attached hydrogen (secondary N) is 1. The second kappa shape index (κ2) is 10.1. The molecular weight excluding hydrogens is 414 g/mol. The van der Waals surface area contributed by atoms with Gasteiger partial charge in [-0.25, -0.2) is 14.6 Å². The molecule has 10 heteroatoms. The molecule has 1 aromatic heterocycles. The molecule has 0 aromatic carbocycles. The Hall–Kier alpha value is -3.04. The lowest BCUT2D eigenvalue weighted by Gasteiger charge is -2.34. The molecule has 0 bridgehead atoms. The van der Waals surface area contributed by atoms with Crippen molar-refractivity contribution in [1.29, 1.82) is 0 Å². The molecular formula is C22H33N5O5. The summed E-state index contributed by atoms with van der Waals surface area (Å²) in [4.78, 5) is 46.4. The van der Waals surface area contributed by atoms with E-state index in [4.69, 9.17) is 9.47 Å². The van der Waals surface area contributed by atoms with Crippen LogP contribution in [0.25, 0.3) is 0 Å². The molecule has 0 saturated carbocycles. The number of anilines is 1. The van der Waals surface area contributed by atoms with Crippen molar-refractivity contribution in [2.24, 2.45) is 0 Å². The number of carbonyl (C=O) groups is 3. The molecule has 1 N–H and O–H groups in total. The molecule has 2 aliphatic heterocycles. The molecule has 0 aliphatic carbocycles. The molecule has 3 rings (SSSR count). The van der Waals surface area contributed by atoms with Crippen molar-refractivity contribution in [2.45, 2.75) is 45.8 Å². The maximum atomic E-state index is 12.6. The molecule has 32 heavy (non-hydrogen) atoms. The highest BCUT2D eigenvalue weighted by Gasteiger charge is 2.31. The molecule has 2 fully saturated rings. The second-order valence-electron chi connectivity index (χ2n) is 8.96. The topological polar surface area (TPSA) is 104 Å². The zero-order valence-electron chi connectivity index (χ0n) is 19.3. The Balaban J connectivity index is 1.48. The fourth-order valence-corrected chi connectivity index (χ4v) is 3.68. The average molecular weight is 448 g/mol. The lowest BCUT2D eigenvalue weighted by Crippen LogP contribution is -2.49.